The Kier molecular flexibility index (Phi) is 8.98. The molecular weight excluding hydrogens is 336 g/mol. The number of hydrogen-bond donors (Lipinski definition) is 0. The molecule has 26 heavy (non-hydrogen) atoms. The zero-order valence-electron chi connectivity index (χ0n) is 15.4. The molecule has 0 spiro atoms. The topological polar surface area (TPSA) is 86.7 Å². The number of carbonyl (C=O) groups excluding carboxylic acids is 4. The summed E-state index contributed by atoms with van der Waals surface area (Å²) >= 11 is 0. The third-order valence-corrected chi connectivity index (χ3v) is 3.48. The van der Waals surface area contributed by atoms with E-state index in [0.29, 0.717) is 25.0 Å². The Hall–Kier alpha value is -2.76. The number of ether oxygens (including phenoxy) is 2. The Morgan fingerprint density at radius 1 is 0.923 bits per heavy atom. The molecule has 0 aliphatic rings. The highest BCUT2D eigenvalue weighted by Crippen LogP contribution is 2.22. The quantitative estimate of drug-likeness (QED) is 0.471. The third-order valence-electron chi connectivity index (χ3n) is 3.48. The van der Waals surface area contributed by atoms with E-state index in [-0.39, 0.29) is 24.6 Å². The standard InChI is InChI=1S/C20H24O6/c1-4-25-20(24)17-10-8-16(9-11-17)18(12-14(2)21)6-5-7-19(23)13-26-15(3)22/h8-12H,4-7,13H2,1-3H3/b18-12-. The Labute approximate surface area is 153 Å². The number of benzene rings is 1. The molecule has 0 atom stereocenters. The van der Waals surface area contributed by atoms with E-state index in [1.165, 1.54) is 19.9 Å². The first-order valence-electron chi connectivity index (χ1n) is 8.47. The van der Waals surface area contributed by atoms with Crippen LogP contribution < -0.4 is 0 Å². The molecule has 0 bridgehead atoms. The normalized spacial score (nSPS) is 11.0. The van der Waals surface area contributed by atoms with Crippen LogP contribution in [0.4, 0.5) is 0 Å². The SMILES string of the molecule is CCOC(=O)c1ccc(/C(=C\C(C)=O)CCCC(=O)COC(C)=O)cc1. The van der Waals surface area contributed by atoms with Crippen molar-refractivity contribution >= 4 is 29.1 Å². The number of allylic oxidation sites excluding steroid dienone is 2. The minimum absolute atomic E-state index is 0.0966. The third kappa shape index (κ3) is 7.88. The molecule has 6 heteroatoms. The Bertz CT molecular complexity index is 685. The number of esters is 2. The van der Waals surface area contributed by atoms with Crippen LogP contribution >= 0.6 is 0 Å². The van der Waals surface area contributed by atoms with E-state index in [4.69, 9.17) is 4.74 Å². The van der Waals surface area contributed by atoms with E-state index in [1.807, 2.05) is 0 Å². The summed E-state index contributed by atoms with van der Waals surface area (Å²) in [6.45, 7) is 4.52. The maximum absolute atomic E-state index is 11.7. The van der Waals surface area contributed by atoms with Gasteiger partial charge in [-0.25, -0.2) is 4.79 Å². The summed E-state index contributed by atoms with van der Waals surface area (Å²) in [4.78, 5) is 45.5. The highest BCUT2D eigenvalue weighted by molar-refractivity contribution is 5.95. The summed E-state index contributed by atoms with van der Waals surface area (Å²) in [7, 11) is 0. The minimum Gasteiger partial charge on any atom is -0.462 e. The first-order chi connectivity index (χ1) is 12.3. The number of hydrogen-bond acceptors (Lipinski definition) is 6. The second-order valence-corrected chi connectivity index (χ2v) is 5.75. The zero-order chi connectivity index (χ0) is 19.5. The molecule has 0 aromatic heterocycles. The van der Waals surface area contributed by atoms with Gasteiger partial charge in [0.2, 0.25) is 0 Å². The van der Waals surface area contributed by atoms with E-state index < -0.39 is 11.9 Å². The molecule has 0 N–H and O–H groups in total. The monoisotopic (exact) mass is 360 g/mol. The molecular formula is C20H24O6. The van der Waals surface area contributed by atoms with Gasteiger partial charge in [-0.1, -0.05) is 12.1 Å². The Morgan fingerprint density at radius 3 is 2.08 bits per heavy atom. The summed E-state index contributed by atoms with van der Waals surface area (Å²) in [5, 5.41) is 0. The Balaban J connectivity index is 2.73. The van der Waals surface area contributed by atoms with Crippen LogP contribution in [-0.2, 0) is 23.9 Å². The van der Waals surface area contributed by atoms with Gasteiger partial charge in [0.25, 0.3) is 0 Å². The predicted molar refractivity (Wildman–Crippen MR) is 96.5 cm³/mol. The van der Waals surface area contributed by atoms with Gasteiger partial charge in [-0.15, -0.1) is 0 Å². The molecule has 1 aromatic rings. The molecule has 0 radical (unpaired) electrons. The largest absolute Gasteiger partial charge is 0.462 e. The van der Waals surface area contributed by atoms with Crippen LogP contribution in [0.15, 0.2) is 30.3 Å². The number of Topliss-reactive ketones (excluding diaryl/α,β-unsaturated/α-hetero) is 1. The average molecular weight is 360 g/mol. The van der Waals surface area contributed by atoms with Gasteiger partial charge in [-0.3, -0.25) is 14.4 Å². The maximum Gasteiger partial charge on any atom is 0.338 e. The van der Waals surface area contributed by atoms with Crippen molar-refractivity contribution in [2.24, 2.45) is 0 Å². The number of rotatable bonds is 10. The summed E-state index contributed by atoms with van der Waals surface area (Å²) in [6.07, 6.45) is 2.82. The molecule has 0 fully saturated rings. The summed E-state index contributed by atoms with van der Waals surface area (Å²) in [6, 6.07) is 6.80. The molecule has 0 amide bonds. The van der Waals surface area contributed by atoms with Crippen LogP contribution in [0.1, 0.15) is 56.0 Å². The molecule has 0 heterocycles. The number of carbonyl (C=O) groups is 4. The summed E-state index contributed by atoms with van der Waals surface area (Å²) < 4.78 is 9.61. The lowest BCUT2D eigenvalue weighted by Gasteiger charge is -2.09. The molecule has 140 valence electrons. The zero-order valence-corrected chi connectivity index (χ0v) is 15.4. The fourth-order valence-electron chi connectivity index (χ4n) is 2.31. The molecule has 6 nitrogen and oxygen atoms in total. The molecule has 0 saturated carbocycles. The van der Waals surface area contributed by atoms with Crippen LogP contribution in [0, 0.1) is 0 Å². The van der Waals surface area contributed by atoms with Gasteiger partial charge in [0.15, 0.2) is 11.6 Å². The molecule has 0 aliphatic carbocycles. The fourth-order valence-corrected chi connectivity index (χ4v) is 2.31. The molecule has 1 aromatic carbocycles. The number of ketones is 2. The van der Waals surface area contributed by atoms with Crippen molar-refractivity contribution in [3.8, 4) is 0 Å². The van der Waals surface area contributed by atoms with Gasteiger partial charge in [-0.2, -0.15) is 0 Å². The van der Waals surface area contributed by atoms with Crippen LogP contribution in [0.25, 0.3) is 5.57 Å². The van der Waals surface area contributed by atoms with Gasteiger partial charge >= 0.3 is 11.9 Å². The van der Waals surface area contributed by atoms with E-state index in [0.717, 1.165) is 11.1 Å². The molecule has 1 rings (SSSR count). The average Bonchev–Trinajstić information content (AvgIpc) is 2.59. The van der Waals surface area contributed by atoms with Crippen LogP contribution in [0.2, 0.25) is 0 Å². The van der Waals surface area contributed by atoms with Crippen molar-refractivity contribution in [2.45, 2.75) is 40.0 Å². The van der Waals surface area contributed by atoms with Gasteiger partial charge in [0.05, 0.1) is 12.2 Å². The van der Waals surface area contributed by atoms with Crippen molar-refractivity contribution < 1.29 is 28.7 Å². The minimum atomic E-state index is -0.489. The first kappa shape index (κ1) is 21.3. The highest BCUT2D eigenvalue weighted by Gasteiger charge is 2.10. The van der Waals surface area contributed by atoms with Gasteiger partial charge in [-0.05, 0) is 56.0 Å². The van der Waals surface area contributed by atoms with Crippen molar-refractivity contribution in [2.75, 3.05) is 13.2 Å². The smallest absolute Gasteiger partial charge is 0.338 e. The van der Waals surface area contributed by atoms with Crippen molar-refractivity contribution in [3.63, 3.8) is 0 Å². The predicted octanol–water partition coefficient (Wildman–Crippen LogP) is 3.14. The molecule has 0 saturated heterocycles. The van der Waals surface area contributed by atoms with E-state index in [9.17, 15) is 19.2 Å². The lowest BCUT2D eigenvalue weighted by molar-refractivity contribution is -0.145. The van der Waals surface area contributed by atoms with Crippen LogP contribution in [-0.4, -0.2) is 36.7 Å². The van der Waals surface area contributed by atoms with E-state index >= 15 is 0 Å². The van der Waals surface area contributed by atoms with Crippen molar-refractivity contribution in [3.05, 3.63) is 41.5 Å². The molecule has 0 aliphatic heterocycles. The second-order valence-electron chi connectivity index (χ2n) is 5.75. The van der Waals surface area contributed by atoms with Crippen molar-refractivity contribution in [1.29, 1.82) is 0 Å². The van der Waals surface area contributed by atoms with Crippen molar-refractivity contribution in [1.82, 2.24) is 0 Å². The van der Waals surface area contributed by atoms with Crippen LogP contribution in [0.3, 0.4) is 0 Å². The maximum atomic E-state index is 11.7. The first-order valence-corrected chi connectivity index (χ1v) is 8.47. The second kappa shape index (κ2) is 11.0. The van der Waals surface area contributed by atoms with E-state index in [1.54, 1.807) is 31.2 Å². The van der Waals surface area contributed by atoms with Crippen LogP contribution in [0.5, 0.6) is 0 Å². The van der Waals surface area contributed by atoms with Gasteiger partial charge in [0.1, 0.15) is 6.61 Å². The molecule has 0 unspecified atom stereocenters. The fraction of sp³-hybridized carbons (Fsp3) is 0.400. The summed E-state index contributed by atoms with van der Waals surface area (Å²) in [5.74, 6) is -1.15. The lowest BCUT2D eigenvalue weighted by atomic mass is 9.97. The van der Waals surface area contributed by atoms with Gasteiger partial charge in [0, 0.05) is 13.3 Å². The Morgan fingerprint density at radius 2 is 1.54 bits per heavy atom. The van der Waals surface area contributed by atoms with Gasteiger partial charge < -0.3 is 9.47 Å². The lowest BCUT2D eigenvalue weighted by Crippen LogP contribution is -2.11. The van der Waals surface area contributed by atoms with E-state index in [2.05, 4.69) is 4.74 Å². The summed E-state index contributed by atoms with van der Waals surface area (Å²) in [5.41, 5.74) is 2.03. The highest BCUT2D eigenvalue weighted by atomic mass is 16.5.